The molecule has 0 bridgehead atoms. The molecule has 0 saturated carbocycles. The SMILES string of the molecule is C[C@H]1CCC[C@]2(CCCCCO2)O1. The van der Waals surface area contributed by atoms with Gasteiger partial charge in [-0.25, -0.2) is 0 Å². The third-order valence-electron chi connectivity index (χ3n) is 3.15. The Morgan fingerprint density at radius 3 is 2.77 bits per heavy atom. The minimum atomic E-state index is -0.186. The maximum absolute atomic E-state index is 5.97. The highest BCUT2D eigenvalue weighted by atomic mass is 16.7. The molecule has 2 heterocycles. The van der Waals surface area contributed by atoms with Crippen molar-refractivity contribution >= 4 is 0 Å². The first kappa shape index (κ1) is 9.47. The zero-order valence-corrected chi connectivity index (χ0v) is 8.55. The van der Waals surface area contributed by atoms with Gasteiger partial charge in [-0.1, -0.05) is 6.42 Å². The van der Waals surface area contributed by atoms with Crippen molar-refractivity contribution in [3.8, 4) is 0 Å². The average Bonchev–Trinajstić information content (AvgIpc) is 2.31. The summed E-state index contributed by atoms with van der Waals surface area (Å²) in [6.45, 7) is 3.06. The zero-order valence-electron chi connectivity index (χ0n) is 8.55. The highest BCUT2D eigenvalue weighted by molar-refractivity contribution is 4.78. The number of rotatable bonds is 0. The van der Waals surface area contributed by atoms with Crippen molar-refractivity contribution in [2.24, 2.45) is 0 Å². The molecule has 2 heteroatoms. The van der Waals surface area contributed by atoms with Crippen molar-refractivity contribution < 1.29 is 9.47 Å². The molecule has 13 heavy (non-hydrogen) atoms. The van der Waals surface area contributed by atoms with Gasteiger partial charge in [0.05, 0.1) is 12.7 Å². The van der Waals surface area contributed by atoms with Crippen LogP contribution < -0.4 is 0 Å². The number of hydrogen-bond acceptors (Lipinski definition) is 2. The minimum Gasteiger partial charge on any atom is -0.350 e. The van der Waals surface area contributed by atoms with Gasteiger partial charge in [0.2, 0.25) is 0 Å². The van der Waals surface area contributed by atoms with Gasteiger partial charge in [-0.2, -0.15) is 0 Å². The van der Waals surface area contributed by atoms with Crippen LogP contribution in [0.1, 0.15) is 51.9 Å². The van der Waals surface area contributed by atoms with Gasteiger partial charge < -0.3 is 9.47 Å². The largest absolute Gasteiger partial charge is 0.350 e. The Bertz CT molecular complexity index is 159. The molecule has 0 radical (unpaired) electrons. The van der Waals surface area contributed by atoms with Crippen molar-refractivity contribution in [2.75, 3.05) is 6.61 Å². The summed E-state index contributed by atoms with van der Waals surface area (Å²) in [6.07, 6.45) is 8.86. The van der Waals surface area contributed by atoms with Gasteiger partial charge >= 0.3 is 0 Å². The van der Waals surface area contributed by atoms with Crippen LogP contribution in [-0.2, 0) is 9.47 Å². The van der Waals surface area contributed by atoms with E-state index in [2.05, 4.69) is 6.92 Å². The lowest BCUT2D eigenvalue weighted by Gasteiger charge is -2.39. The molecule has 76 valence electrons. The molecule has 2 saturated heterocycles. The van der Waals surface area contributed by atoms with Crippen molar-refractivity contribution in [1.82, 2.24) is 0 Å². The predicted molar refractivity (Wildman–Crippen MR) is 51.5 cm³/mol. The number of hydrogen-bond donors (Lipinski definition) is 0. The third-order valence-corrected chi connectivity index (χ3v) is 3.15. The van der Waals surface area contributed by atoms with E-state index in [4.69, 9.17) is 9.47 Å². The van der Waals surface area contributed by atoms with Gasteiger partial charge in [0.25, 0.3) is 0 Å². The Hall–Kier alpha value is -0.0800. The summed E-state index contributed by atoms with van der Waals surface area (Å²) in [5.41, 5.74) is 0. The standard InChI is InChI=1S/C11H20O2/c1-10-6-5-8-11(13-10)7-3-2-4-9-12-11/h10H,2-9H2,1H3/t10-,11-/m0/s1. The Morgan fingerprint density at radius 2 is 1.92 bits per heavy atom. The molecule has 1 spiro atoms. The summed E-state index contributed by atoms with van der Waals surface area (Å²) in [4.78, 5) is 0. The van der Waals surface area contributed by atoms with E-state index in [1.807, 2.05) is 0 Å². The van der Waals surface area contributed by atoms with E-state index in [1.54, 1.807) is 0 Å². The summed E-state index contributed by atoms with van der Waals surface area (Å²) < 4.78 is 11.9. The van der Waals surface area contributed by atoms with Crippen LogP contribution in [0.5, 0.6) is 0 Å². The van der Waals surface area contributed by atoms with Crippen LogP contribution in [0.15, 0.2) is 0 Å². The summed E-state index contributed by atoms with van der Waals surface area (Å²) in [5.74, 6) is -0.186. The molecule has 2 fully saturated rings. The van der Waals surface area contributed by atoms with E-state index in [9.17, 15) is 0 Å². The fourth-order valence-corrected chi connectivity index (χ4v) is 2.44. The van der Waals surface area contributed by atoms with Gasteiger partial charge in [0.1, 0.15) is 0 Å². The molecule has 2 rings (SSSR count). The molecule has 2 nitrogen and oxygen atoms in total. The molecular weight excluding hydrogens is 164 g/mol. The molecule has 0 aromatic carbocycles. The van der Waals surface area contributed by atoms with Crippen molar-refractivity contribution in [3.05, 3.63) is 0 Å². The Balaban J connectivity index is 1.99. The molecule has 0 N–H and O–H groups in total. The van der Waals surface area contributed by atoms with Gasteiger partial charge in [-0.05, 0) is 32.6 Å². The first-order valence-electron chi connectivity index (χ1n) is 5.63. The summed E-state index contributed by atoms with van der Waals surface area (Å²) >= 11 is 0. The van der Waals surface area contributed by atoms with E-state index < -0.39 is 0 Å². The zero-order chi connectivity index (χ0) is 9.15. The molecule has 0 unspecified atom stereocenters. The monoisotopic (exact) mass is 184 g/mol. The summed E-state index contributed by atoms with van der Waals surface area (Å²) in [7, 11) is 0. The molecule has 0 aromatic rings. The second kappa shape index (κ2) is 3.97. The van der Waals surface area contributed by atoms with Gasteiger partial charge in [0, 0.05) is 12.8 Å². The van der Waals surface area contributed by atoms with Crippen LogP contribution in [0.2, 0.25) is 0 Å². The lowest BCUT2D eigenvalue weighted by atomic mass is 9.97. The van der Waals surface area contributed by atoms with Gasteiger partial charge in [0.15, 0.2) is 5.79 Å². The van der Waals surface area contributed by atoms with Crippen LogP contribution in [-0.4, -0.2) is 18.5 Å². The molecule has 0 amide bonds. The predicted octanol–water partition coefficient (Wildman–Crippen LogP) is 2.86. The van der Waals surface area contributed by atoms with Crippen LogP contribution >= 0.6 is 0 Å². The van der Waals surface area contributed by atoms with Crippen LogP contribution in [0.3, 0.4) is 0 Å². The van der Waals surface area contributed by atoms with E-state index >= 15 is 0 Å². The van der Waals surface area contributed by atoms with Gasteiger partial charge in [-0.15, -0.1) is 0 Å². The van der Waals surface area contributed by atoms with E-state index in [0.717, 1.165) is 19.4 Å². The molecule has 2 aliphatic rings. The third kappa shape index (κ3) is 2.23. The topological polar surface area (TPSA) is 18.5 Å². The van der Waals surface area contributed by atoms with Crippen LogP contribution in [0.4, 0.5) is 0 Å². The molecule has 0 aromatic heterocycles. The lowest BCUT2D eigenvalue weighted by Crippen LogP contribution is -2.41. The maximum atomic E-state index is 5.97. The highest BCUT2D eigenvalue weighted by Gasteiger charge is 2.37. The lowest BCUT2D eigenvalue weighted by molar-refractivity contribution is -0.276. The Kier molecular flexibility index (Phi) is 2.89. The Morgan fingerprint density at radius 1 is 1.08 bits per heavy atom. The fraction of sp³-hybridized carbons (Fsp3) is 1.00. The van der Waals surface area contributed by atoms with Crippen LogP contribution in [0, 0.1) is 0 Å². The molecule has 0 aliphatic carbocycles. The summed E-state index contributed by atoms with van der Waals surface area (Å²) in [6, 6.07) is 0. The molecular formula is C11H20O2. The highest BCUT2D eigenvalue weighted by Crippen LogP contribution is 2.36. The molecule has 2 aliphatic heterocycles. The minimum absolute atomic E-state index is 0.186. The molecule has 2 atom stereocenters. The van der Waals surface area contributed by atoms with Crippen molar-refractivity contribution in [2.45, 2.75) is 63.8 Å². The Labute approximate surface area is 80.6 Å². The first-order valence-corrected chi connectivity index (χ1v) is 5.63. The van der Waals surface area contributed by atoms with E-state index in [1.165, 1.54) is 32.1 Å². The smallest absolute Gasteiger partial charge is 0.168 e. The quantitative estimate of drug-likeness (QED) is 0.576. The number of ether oxygens (including phenoxy) is 2. The average molecular weight is 184 g/mol. The van der Waals surface area contributed by atoms with E-state index in [-0.39, 0.29) is 5.79 Å². The van der Waals surface area contributed by atoms with Crippen LogP contribution in [0.25, 0.3) is 0 Å². The fourth-order valence-electron chi connectivity index (χ4n) is 2.44. The normalized spacial score (nSPS) is 41.8. The van der Waals surface area contributed by atoms with Crippen molar-refractivity contribution in [1.29, 1.82) is 0 Å². The van der Waals surface area contributed by atoms with Gasteiger partial charge in [-0.3, -0.25) is 0 Å². The second-order valence-corrected chi connectivity index (χ2v) is 4.39. The summed E-state index contributed by atoms with van der Waals surface area (Å²) in [5, 5.41) is 0. The van der Waals surface area contributed by atoms with Crippen molar-refractivity contribution in [3.63, 3.8) is 0 Å². The maximum Gasteiger partial charge on any atom is 0.168 e. The first-order chi connectivity index (χ1) is 6.31. The van der Waals surface area contributed by atoms with E-state index in [0.29, 0.717) is 6.10 Å². The second-order valence-electron chi connectivity index (χ2n) is 4.39.